The van der Waals surface area contributed by atoms with Crippen molar-refractivity contribution in [1.29, 1.82) is 0 Å². The summed E-state index contributed by atoms with van der Waals surface area (Å²) in [4.78, 5) is 31.8. The fraction of sp³-hybridized carbons (Fsp3) is 0.619. The highest BCUT2D eigenvalue weighted by Crippen LogP contribution is 2.40. The van der Waals surface area contributed by atoms with Gasteiger partial charge in [-0.05, 0) is 45.6 Å². The van der Waals surface area contributed by atoms with E-state index in [9.17, 15) is 9.59 Å². The highest BCUT2D eigenvalue weighted by atomic mass is 16.5. The van der Waals surface area contributed by atoms with Crippen molar-refractivity contribution < 1.29 is 18.8 Å². The summed E-state index contributed by atoms with van der Waals surface area (Å²) >= 11 is 0. The van der Waals surface area contributed by atoms with Crippen LogP contribution >= 0.6 is 0 Å². The largest absolute Gasteiger partial charge is 0.452 e. The summed E-state index contributed by atoms with van der Waals surface area (Å²) in [6.07, 6.45) is 7.72. The highest BCUT2D eigenvalue weighted by Gasteiger charge is 2.30. The lowest BCUT2D eigenvalue weighted by atomic mass is 9.94. The minimum Gasteiger partial charge on any atom is -0.452 e. The molecular weight excluding hydrogens is 358 g/mol. The summed E-state index contributed by atoms with van der Waals surface area (Å²) in [6.45, 7) is 4.14. The lowest BCUT2D eigenvalue weighted by Crippen LogP contribution is -2.43. The lowest BCUT2D eigenvalue weighted by Gasteiger charge is -2.33. The van der Waals surface area contributed by atoms with E-state index in [1.54, 1.807) is 13.0 Å². The van der Waals surface area contributed by atoms with E-state index in [2.05, 4.69) is 10.1 Å². The summed E-state index contributed by atoms with van der Waals surface area (Å²) in [5, 5.41) is 4.51. The Morgan fingerprint density at radius 1 is 1.21 bits per heavy atom. The highest BCUT2D eigenvalue weighted by molar-refractivity contribution is 6.03. The molecule has 0 spiro atoms. The average Bonchev–Trinajstić information content (AvgIpc) is 3.50. The summed E-state index contributed by atoms with van der Waals surface area (Å²) in [7, 11) is 0. The molecule has 7 heteroatoms. The van der Waals surface area contributed by atoms with Crippen molar-refractivity contribution in [1.82, 2.24) is 15.0 Å². The summed E-state index contributed by atoms with van der Waals surface area (Å²) in [6, 6.07) is 2.04. The van der Waals surface area contributed by atoms with Crippen LogP contribution in [0.15, 0.2) is 10.6 Å². The van der Waals surface area contributed by atoms with Crippen LogP contribution in [0.3, 0.4) is 0 Å². The standard InChI is InChI=1S/C21H27N3O4/c1-3-24(15-7-5-4-6-8-15)18(25)12-27-21(26)16-11-17(14-9-10-14)22-20-19(16)13(2)23-28-20/h11,14-15H,3-10,12H2,1-2H3. The minimum atomic E-state index is -0.520. The maximum absolute atomic E-state index is 12.8. The number of pyridine rings is 1. The van der Waals surface area contributed by atoms with Crippen molar-refractivity contribution in [3.05, 3.63) is 23.0 Å². The predicted molar refractivity (Wildman–Crippen MR) is 103 cm³/mol. The van der Waals surface area contributed by atoms with Gasteiger partial charge in [0.1, 0.15) is 0 Å². The first-order chi connectivity index (χ1) is 13.6. The Hall–Kier alpha value is -2.44. The van der Waals surface area contributed by atoms with E-state index >= 15 is 0 Å². The second-order valence-electron chi connectivity index (χ2n) is 7.86. The maximum atomic E-state index is 12.8. The topological polar surface area (TPSA) is 85.5 Å². The van der Waals surface area contributed by atoms with E-state index in [1.165, 1.54) is 6.42 Å². The number of hydrogen-bond acceptors (Lipinski definition) is 6. The smallest absolute Gasteiger partial charge is 0.339 e. The molecule has 2 fully saturated rings. The molecule has 0 aromatic carbocycles. The van der Waals surface area contributed by atoms with Gasteiger partial charge >= 0.3 is 5.97 Å². The molecule has 2 aliphatic rings. The van der Waals surface area contributed by atoms with Gasteiger partial charge in [0.2, 0.25) is 0 Å². The minimum absolute atomic E-state index is 0.127. The van der Waals surface area contributed by atoms with Crippen LogP contribution in [-0.2, 0) is 9.53 Å². The van der Waals surface area contributed by atoms with Gasteiger partial charge in [0.05, 0.1) is 16.6 Å². The third-order valence-electron chi connectivity index (χ3n) is 5.86. The Morgan fingerprint density at radius 2 is 1.96 bits per heavy atom. The molecule has 0 saturated heterocycles. The molecule has 4 rings (SSSR count). The zero-order valence-electron chi connectivity index (χ0n) is 16.6. The molecule has 0 N–H and O–H groups in total. The number of carbonyl (C=O) groups is 2. The van der Waals surface area contributed by atoms with Gasteiger partial charge in [-0.1, -0.05) is 24.4 Å². The molecule has 2 saturated carbocycles. The number of aromatic nitrogens is 2. The van der Waals surface area contributed by atoms with E-state index in [1.807, 2.05) is 11.8 Å². The van der Waals surface area contributed by atoms with Gasteiger partial charge in [-0.25, -0.2) is 9.78 Å². The third-order valence-corrected chi connectivity index (χ3v) is 5.86. The molecule has 7 nitrogen and oxygen atoms in total. The molecule has 28 heavy (non-hydrogen) atoms. The first kappa shape index (κ1) is 18.9. The van der Waals surface area contributed by atoms with Crippen molar-refractivity contribution in [3.8, 4) is 0 Å². The number of carbonyl (C=O) groups excluding carboxylic acids is 2. The molecule has 0 aliphatic heterocycles. The zero-order valence-corrected chi connectivity index (χ0v) is 16.6. The monoisotopic (exact) mass is 385 g/mol. The van der Waals surface area contributed by atoms with Crippen LogP contribution in [0.4, 0.5) is 0 Å². The zero-order chi connectivity index (χ0) is 19.7. The lowest BCUT2D eigenvalue weighted by molar-refractivity contribution is -0.137. The van der Waals surface area contributed by atoms with Crippen LogP contribution < -0.4 is 0 Å². The molecule has 0 radical (unpaired) electrons. The number of rotatable bonds is 6. The summed E-state index contributed by atoms with van der Waals surface area (Å²) in [5.74, 6) is -0.281. The van der Waals surface area contributed by atoms with Gasteiger partial charge in [-0.3, -0.25) is 4.79 Å². The molecule has 2 heterocycles. The van der Waals surface area contributed by atoms with E-state index in [0.29, 0.717) is 34.8 Å². The number of fused-ring (bicyclic) bond motifs is 1. The van der Waals surface area contributed by atoms with Gasteiger partial charge in [-0.15, -0.1) is 0 Å². The molecule has 2 aliphatic carbocycles. The molecule has 2 aromatic heterocycles. The van der Waals surface area contributed by atoms with Gasteiger partial charge in [0, 0.05) is 24.2 Å². The average molecular weight is 385 g/mol. The Labute approximate surface area is 164 Å². The number of amides is 1. The quantitative estimate of drug-likeness (QED) is 0.704. The van der Waals surface area contributed by atoms with Crippen LogP contribution in [-0.4, -0.2) is 46.1 Å². The first-order valence-corrected chi connectivity index (χ1v) is 10.3. The van der Waals surface area contributed by atoms with E-state index in [-0.39, 0.29) is 18.6 Å². The Kier molecular flexibility index (Phi) is 5.33. The van der Waals surface area contributed by atoms with Crippen molar-refractivity contribution in [3.63, 3.8) is 0 Å². The first-order valence-electron chi connectivity index (χ1n) is 10.3. The van der Waals surface area contributed by atoms with E-state index < -0.39 is 5.97 Å². The van der Waals surface area contributed by atoms with Crippen LogP contribution in [0.5, 0.6) is 0 Å². The summed E-state index contributed by atoms with van der Waals surface area (Å²) in [5.41, 5.74) is 2.18. The van der Waals surface area contributed by atoms with Crippen molar-refractivity contribution >= 4 is 23.0 Å². The number of likely N-dealkylation sites (N-methyl/N-ethyl adjacent to an activating group) is 1. The van der Waals surface area contributed by atoms with Crippen molar-refractivity contribution in [2.75, 3.05) is 13.2 Å². The number of aryl methyl sites for hydroxylation is 1. The molecule has 0 bridgehead atoms. The van der Waals surface area contributed by atoms with Crippen molar-refractivity contribution in [2.45, 2.75) is 70.8 Å². The van der Waals surface area contributed by atoms with Crippen LogP contribution in [0, 0.1) is 6.92 Å². The molecule has 0 atom stereocenters. The normalized spacial score (nSPS) is 17.6. The van der Waals surface area contributed by atoms with Crippen LogP contribution in [0.2, 0.25) is 0 Å². The van der Waals surface area contributed by atoms with Gasteiger partial charge in [0.25, 0.3) is 11.6 Å². The maximum Gasteiger partial charge on any atom is 0.339 e. The van der Waals surface area contributed by atoms with Crippen LogP contribution in [0.1, 0.15) is 79.5 Å². The van der Waals surface area contributed by atoms with Gasteiger partial charge in [0.15, 0.2) is 6.61 Å². The molecule has 0 unspecified atom stereocenters. The van der Waals surface area contributed by atoms with Crippen molar-refractivity contribution in [2.24, 2.45) is 0 Å². The summed E-state index contributed by atoms with van der Waals surface area (Å²) < 4.78 is 10.7. The Morgan fingerprint density at radius 3 is 2.64 bits per heavy atom. The molecule has 1 amide bonds. The van der Waals surface area contributed by atoms with E-state index in [0.717, 1.165) is 44.2 Å². The second-order valence-corrected chi connectivity index (χ2v) is 7.86. The fourth-order valence-corrected chi connectivity index (χ4v) is 4.18. The second kappa shape index (κ2) is 7.89. The van der Waals surface area contributed by atoms with Gasteiger partial charge in [-0.2, -0.15) is 0 Å². The SMILES string of the molecule is CCN(C(=O)COC(=O)c1cc(C2CC2)nc2onc(C)c12)C1CCCCC1. The Balaban J connectivity index is 1.49. The Bertz CT molecular complexity index is 881. The third kappa shape index (κ3) is 3.75. The molecule has 2 aromatic rings. The number of esters is 1. The molecular formula is C21H27N3O4. The molecule has 150 valence electrons. The van der Waals surface area contributed by atoms with Gasteiger partial charge < -0.3 is 14.2 Å². The number of ether oxygens (including phenoxy) is 1. The number of nitrogens with zero attached hydrogens (tertiary/aromatic N) is 3. The fourth-order valence-electron chi connectivity index (χ4n) is 4.18. The van der Waals surface area contributed by atoms with Crippen LogP contribution in [0.25, 0.3) is 11.1 Å². The number of hydrogen-bond donors (Lipinski definition) is 0. The van der Waals surface area contributed by atoms with E-state index in [4.69, 9.17) is 9.26 Å². The predicted octanol–water partition coefficient (Wildman–Crippen LogP) is 3.75.